The molecular weight excluding hydrogens is 406 g/mol. The summed E-state index contributed by atoms with van der Waals surface area (Å²) in [6.07, 6.45) is 4.34. The van der Waals surface area contributed by atoms with E-state index in [-0.39, 0.29) is 11.4 Å². The van der Waals surface area contributed by atoms with E-state index in [9.17, 15) is 13.6 Å². The van der Waals surface area contributed by atoms with Gasteiger partial charge in [-0.1, -0.05) is 22.0 Å². The molecule has 0 aliphatic rings. The number of anilines is 3. The Kier molecular flexibility index (Phi) is 5.22. The number of carbonyl (C=O) groups is 1. The lowest BCUT2D eigenvalue weighted by Gasteiger charge is -2.20. The van der Waals surface area contributed by atoms with Crippen LogP contribution in [0.15, 0.2) is 59.6 Å². The molecule has 3 aromatic rings. The van der Waals surface area contributed by atoms with Crippen molar-refractivity contribution < 1.29 is 13.6 Å². The highest BCUT2D eigenvalue weighted by atomic mass is 79.9. The normalized spacial score (nSPS) is 10.5. The van der Waals surface area contributed by atoms with Gasteiger partial charge in [-0.15, -0.1) is 0 Å². The zero-order valence-electron chi connectivity index (χ0n) is 13.6. The van der Waals surface area contributed by atoms with Crippen LogP contribution in [0.4, 0.5) is 25.8 Å². The van der Waals surface area contributed by atoms with Crippen molar-refractivity contribution in [2.75, 3.05) is 17.3 Å². The molecular formula is C18H13BrF2N4O. The minimum absolute atomic E-state index is 0.0748. The van der Waals surface area contributed by atoms with E-state index in [1.54, 1.807) is 31.3 Å². The largest absolute Gasteiger partial charge is 0.340 e. The summed E-state index contributed by atoms with van der Waals surface area (Å²) in [4.78, 5) is 21.5. The summed E-state index contributed by atoms with van der Waals surface area (Å²) in [6, 6.07) is 8.61. The van der Waals surface area contributed by atoms with Gasteiger partial charge in [-0.05, 0) is 24.3 Å². The molecule has 3 rings (SSSR count). The van der Waals surface area contributed by atoms with E-state index < -0.39 is 17.5 Å². The molecule has 0 saturated carbocycles. The highest BCUT2D eigenvalue weighted by molar-refractivity contribution is 9.10. The molecule has 0 atom stereocenters. The van der Waals surface area contributed by atoms with Gasteiger partial charge in [0.15, 0.2) is 0 Å². The molecule has 1 aromatic heterocycles. The van der Waals surface area contributed by atoms with E-state index >= 15 is 0 Å². The number of hydrogen-bond donors (Lipinski definition) is 1. The third kappa shape index (κ3) is 3.85. The number of hydrogen-bond acceptors (Lipinski definition) is 4. The maximum Gasteiger partial charge on any atom is 0.255 e. The maximum absolute atomic E-state index is 14.2. The second-order valence-electron chi connectivity index (χ2n) is 5.40. The van der Waals surface area contributed by atoms with Gasteiger partial charge in [0.1, 0.15) is 18.0 Å². The van der Waals surface area contributed by atoms with Gasteiger partial charge in [0.25, 0.3) is 5.91 Å². The van der Waals surface area contributed by atoms with Crippen molar-refractivity contribution in [2.24, 2.45) is 0 Å². The number of rotatable bonds is 4. The highest BCUT2D eigenvalue weighted by Crippen LogP contribution is 2.30. The van der Waals surface area contributed by atoms with Crippen molar-refractivity contribution >= 4 is 38.9 Å². The molecule has 1 heterocycles. The standard InChI is InChI=1S/C18H13BrF2N4O/c1-25(13-8-22-10-23-9-13)17-7-16(14(20)6-15(17)21)24-18(26)11-3-2-4-12(19)5-11/h2-10H,1H3,(H,24,26). The monoisotopic (exact) mass is 418 g/mol. The number of amides is 1. The number of benzene rings is 2. The molecule has 0 fully saturated rings. The van der Waals surface area contributed by atoms with Crippen LogP contribution in [-0.2, 0) is 0 Å². The maximum atomic E-state index is 14.2. The van der Waals surface area contributed by atoms with Crippen LogP contribution in [0.25, 0.3) is 0 Å². The molecule has 1 amide bonds. The van der Waals surface area contributed by atoms with Crippen LogP contribution in [0.1, 0.15) is 10.4 Å². The Bertz CT molecular complexity index is 953. The van der Waals surface area contributed by atoms with Gasteiger partial charge >= 0.3 is 0 Å². The number of carbonyl (C=O) groups excluding carboxylic acids is 1. The molecule has 0 aliphatic heterocycles. The Morgan fingerprint density at radius 1 is 1.12 bits per heavy atom. The lowest BCUT2D eigenvalue weighted by Crippen LogP contribution is -2.16. The highest BCUT2D eigenvalue weighted by Gasteiger charge is 2.17. The quantitative estimate of drug-likeness (QED) is 0.675. The van der Waals surface area contributed by atoms with Crippen LogP contribution in [0.3, 0.4) is 0 Å². The summed E-state index contributed by atoms with van der Waals surface area (Å²) in [5.74, 6) is -2.14. The van der Waals surface area contributed by atoms with E-state index in [1.165, 1.54) is 29.7 Å². The summed E-state index contributed by atoms with van der Waals surface area (Å²) < 4.78 is 29.1. The van der Waals surface area contributed by atoms with Gasteiger partial charge in [0.05, 0.1) is 29.5 Å². The fourth-order valence-electron chi connectivity index (χ4n) is 2.32. The van der Waals surface area contributed by atoms with Crippen molar-refractivity contribution in [3.8, 4) is 0 Å². The topological polar surface area (TPSA) is 58.1 Å². The van der Waals surface area contributed by atoms with Crippen molar-refractivity contribution in [3.05, 3.63) is 76.8 Å². The number of aromatic nitrogens is 2. The first-order valence-electron chi connectivity index (χ1n) is 7.50. The average molecular weight is 419 g/mol. The second-order valence-corrected chi connectivity index (χ2v) is 6.32. The molecule has 0 bridgehead atoms. The van der Waals surface area contributed by atoms with E-state index in [0.717, 1.165) is 6.07 Å². The zero-order chi connectivity index (χ0) is 18.7. The van der Waals surface area contributed by atoms with Crippen LogP contribution in [0.2, 0.25) is 0 Å². The fraction of sp³-hybridized carbons (Fsp3) is 0.0556. The van der Waals surface area contributed by atoms with Crippen molar-refractivity contribution in [1.82, 2.24) is 9.97 Å². The molecule has 2 aromatic carbocycles. The van der Waals surface area contributed by atoms with Crippen LogP contribution in [0, 0.1) is 11.6 Å². The minimum Gasteiger partial charge on any atom is -0.340 e. The van der Waals surface area contributed by atoms with Crippen molar-refractivity contribution in [1.29, 1.82) is 0 Å². The lowest BCUT2D eigenvalue weighted by molar-refractivity contribution is 0.102. The third-order valence-electron chi connectivity index (χ3n) is 3.67. The predicted octanol–water partition coefficient (Wildman–Crippen LogP) is 4.54. The van der Waals surface area contributed by atoms with E-state index in [1.807, 2.05) is 0 Å². The van der Waals surface area contributed by atoms with Crippen molar-refractivity contribution in [2.45, 2.75) is 0 Å². The molecule has 0 saturated heterocycles. The average Bonchev–Trinajstić information content (AvgIpc) is 2.64. The smallest absolute Gasteiger partial charge is 0.255 e. The molecule has 0 unspecified atom stereocenters. The number of nitrogens with zero attached hydrogens (tertiary/aromatic N) is 3. The van der Waals surface area contributed by atoms with Crippen LogP contribution in [0.5, 0.6) is 0 Å². The summed E-state index contributed by atoms with van der Waals surface area (Å²) >= 11 is 3.27. The Morgan fingerprint density at radius 3 is 2.54 bits per heavy atom. The summed E-state index contributed by atoms with van der Waals surface area (Å²) in [5, 5.41) is 2.47. The van der Waals surface area contributed by atoms with Crippen LogP contribution >= 0.6 is 15.9 Å². The first-order chi connectivity index (χ1) is 12.5. The molecule has 0 radical (unpaired) electrons. The molecule has 132 valence electrons. The van der Waals surface area contributed by atoms with Gasteiger partial charge in [0.2, 0.25) is 0 Å². The number of halogens is 3. The summed E-state index contributed by atoms with van der Waals surface area (Å²) in [7, 11) is 1.59. The summed E-state index contributed by atoms with van der Waals surface area (Å²) in [5.41, 5.74) is 0.803. The summed E-state index contributed by atoms with van der Waals surface area (Å²) in [6.45, 7) is 0. The van der Waals surface area contributed by atoms with E-state index in [2.05, 4.69) is 31.2 Å². The second kappa shape index (κ2) is 7.57. The molecule has 1 N–H and O–H groups in total. The van der Waals surface area contributed by atoms with Gasteiger partial charge in [-0.25, -0.2) is 18.7 Å². The molecule has 26 heavy (non-hydrogen) atoms. The number of nitrogens with one attached hydrogen (secondary N) is 1. The van der Waals surface area contributed by atoms with E-state index in [0.29, 0.717) is 15.7 Å². The predicted molar refractivity (Wildman–Crippen MR) is 98.5 cm³/mol. The Labute approximate surface area is 156 Å². The molecule has 0 spiro atoms. The SMILES string of the molecule is CN(c1cncnc1)c1cc(NC(=O)c2cccc(Br)c2)c(F)cc1F. The third-order valence-corrected chi connectivity index (χ3v) is 4.16. The molecule has 5 nitrogen and oxygen atoms in total. The van der Waals surface area contributed by atoms with Gasteiger partial charge in [-0.2, -0.15) is 0 Å². The van der Waals surface area contributed by atoms with Crippen LogP contribution in [-0.4, -0.2) is 22.9 Å². The lowest BCUT2D eigenvalue weighted by atomic mass is 10.2. The molecule has 0 aliphatic carbocycles. The Balaban J connectivity index is 1.92. The van der Waals surface area contributed by atoms with Gasteiger partial charge in [-0.3, -0.25) is 4.79 Å². The van der Waals surface area contributed by atoms with Gasteiger partial charge < -0.3 is 10.2 Å². The fourth-order valence-corrected chi connectivity index (χ4v) is 2.72. The first-order valence-corrected chi connectivity index (χ1v) is 8.29. The first kappa shape index (κ1) is 17.9. The van der Waals surface area contributed by atoms with Crippen LogP contribution < -0.4 is 10.2 Å². The van der Waals surface area contributed by atoms with E-state index in [4.69, 9.17) is 0 Å². The van der Waals surface area contributed by atoms with Gasteiger partial charge in [0, 0.05) is 23.2 Å². The minimum atomic E-state index is -0.868. The molecule has 8 heteroatoms. The zero-order valence-corrected chi connectivity index (χ0v) is 15.2. The Morgan fingerprint density at radius 2 is 1.85 bits per heavy atom. The van der Waals surface area contributed by atoms with Crippen molar-refractivity contribution in [3.63, 3.8) is 0 Å². The Hall–Kier alpha value is -2.87.